The molecule has 0 bridgehead atoms. The van der Waals surface area contributed by atoms with Crippen LogP contribution in [0.1, 0.15) is 32.3 Å². The predicted molar refractivity (Wildman–Crippen MR) is 108 cm³/mol. The summed E-state index contributed by atoms with van der Waals surface area (Å²) in [5.41, 5.74) is 0.285. The molecule has 1 N–H and O–H groups in total. The monoisotopic (exact) mass is 379 g/mol. The molecule has 3 rings (SSSR count). The van der Waals surface area contributed by atoms with E-state index in [1.54, 1.807) is 24.0 Å². The average Bonchev–Trinajstić information content (AvgIpc) is 2.94. The first-order chi connectivity index (χ1) is 13.5. The van der Waals surface area contributed by atoms with Crippen molar-refractivity contribution < 1.29 is 14.4 Å². The van der Waals surface area contributed by atoms with E-state index in [0.717, 1.165) is 23.4 Å². The van der Waals surface area contributed by atoms with E-state index in [9.17, 15) is 14.4 Å². The van der Waals surface area contributed by atoms with Gasteiger partial charge in [0.1, 0.15) is 12.1 Å². The summed E-state index contributed by atoms with van der Waals surface area (Å²) in [5.74, 6) is -0.694. The summed E-state index contributed by atoms with van der Waals surface area (Å²) >= 11 is 0. The van der Waals surface area contributed by atoms with Crippen LogP contribution >= 0.6 is 0 Å². The summed E-state index contributed by atoms with van der Waals surface area (Å²) in [6.45, 7) is 3.97. The summed E-state index contributed by atoms with van der Waals surface area (Å²) in [4.78, 5) is 41.2. The minimum Gasteiger partial charge on any atom is -0.319 e. The molecule has 1 saturated heterocycles. The van der Waals surface area contributed by atoms with Crippen molar-refractivity contribution >= 4 is 23.5 Å². The smallest absolute Gasteiger partial charge is 0.319 e. The van der Waals surface area contributed by atoms with Crippen molar-refractivity contribution in [1.29, 1.82) is 0 Å². The molecule has 0 aromatic heterocycles. The van der Waals surface area contributed by atoms with E-state index in [0.29, 0.717) is 12.1 Å². The third-order valence-corrected chi connectivity index (χ3v) is 5.02. The van der Waals surface area contributed by atoms with E-state index < -0.39 is 17.5 Å². The van der Waals surface area contributed by atoms with Crippen molar-refractivity contribution in [2.75, 3.05) is 18.0 Å². The number of benzene rings is 2. The van der Waals surface area contributed by atoms with Crippen molar-refractivity contribution in [3.05, 3.63) is 66.2 Å². The highest BCUT2D eigenvalue weighted by molar-refractivity contribution is 6.10. The maximum atomic E-state index is 13.0. The summed E-state index contributed by atoms with van der Waals surface area (Å²) in [6, 6.07) is 17.8. The molecule has 0 spiro atoms. The fraction of sp³-hybridized carbons (Fsp3) is 0.318. The number of carbonyl (C=O) groups excluding carboxylic acids is 3. The topological polar surface area (TPSA) is 69.7 Å². The van der Waals surface area contributed by atoms with E-state index in [1.165, 1.54) is 0 Å². The Morgan fingerprint density at radius 3 is 2.25 bits per heavy atom. The molecule has 4 amide bonds. The molecule has 1 heterocycles. The number of amides is 4. The van der Waals surface area contributed by atoms with E-state index in [1.807, 2.05) is 48.5 Å². The van der Waals surface area contributed by atoms with Gasteiger partial charge in [-0.1, -0.05) is 61.9 Å². The molecular formula is C22H25N3O3. The third-order valence-electron chi connectivity index (χ3n) is 5.02. The second kappa shape index (κ2) is 8.25. The van der Waals surface area contributed by atoms with Crippen LogP contribution in [0.25, 0.3) is 0 Å². The van der Waals surface area contributed by atoms with Gasteiger partial charge in [0, 0.05) is 12.2 Å². The molecule has 6 heteroatoms. The molecule has 1 aliphatic heterocycles. The van der Waals surface area contributed by atoms with E-state index >= 15 is 0 Å². The van der Waals surface area contributed by atoms with Gasteiger partial charge in [-0.15, -0.1) is 0 Å². The maximum Gasteiger partial charge on any atom is 0.325 e. The Labute approximate surface area is 165 Å². The number of nitrogens with one attached hydrogen (secondary N) is 1. The van der Waals surface area contributed by atoms with Crippen LogP contribution in [-0.4, -0.2) is 35.8 Å². The Morgan fingerprint density at radius 1 is 1.04 bits per heavy atom. The number of urea groups is 1. The minimum absolute atomic E-state index is 0.277. The van der Waals surface area contributed by atoms with Gasteiger partial charge in [-0.05, 0) is 31.0 Å². The lowest BCUT2D eigenvalue weighted by Gasteiger charge is -2.25. The Morgan fingerprint density at radius 2 is 1.64 bits per heavy atom. The van der Waals surface area contributed by atoms with Gasteiger partial charge in [-0.3, -0.25) is 14.5 Å². The van der Waals surface area contributed by atoms with Crippen molar-refractivity contribution in [2.45, 2.75) is 32.2 Å². The van der Waals surface area contributed by atoms with Crippen LogP contribution < -0.4 is 10.2 Å². The molecular weight excluding hydrogens is 354 g/mol. The lowest BCUT2D eigenvalue weighted by atomic mass is 9.92. The zero-order valence-electron chi connectivity index (χ0n) is 16.2. The summed E-state index contributed by atoms with van der Waals surface area (Å²) < 4.78 is 0. The van der Waals surface area contributed by atoms with Gasteiger partial charge in [0.25, 0.3) is 5.91 Å². The lowest BCUT2D eigenvalue weighted by Crippen LogP contribution is -2.45. The van der Waals surface area contributed by atoms with Crippen LogP contribution in [0, 0.1) is 0 Å². The van der Waals surface area contributed by atoms with Crippen LogP contribution in [-0.2, 0) is 15.1 Å². The molecule has 0 radical (unpaired) electrons. The second-order valence-electron chi connectivity index (χ2n) is 7.05. The van der Waals surface area contributed by atoms with E-state index in [-0.39, 0.29) is 12.5 Å². The Kier molecular flexibility index (Phi) is 5.78. The quantitative estimate of drug-likeness (QED) is 0.751. The van der Waals surface area contributed by atoms with Gasteiger partial charge < -0.3 is 10.2 Å². The van der Waals surface area contributed by atoms with E-state index in [2.05, 4.69) is 12.2 Å². The van der Waals surface area contributed by atoms with Crippen LogP contribution in [0.4, 0.5) is 10.5 Å². The SMILES string of the molecule is CCCCN(C(=O)CN1C(=O)NC(C)(c2ccccc2)C1=O)c1ccccc1. The molecule has 1 unspecified atom stereocenters. The summed E-state index contributed by atoms with van der Waals surface area (Å²) in [6.07, 6.45) is 1.77. The third kappa shape index (κ3) is 3.76. The highest BCUT2D eigenvalue weighted by Gasteiger charge is 2.49. The number of unbranched alkanes of at least 4 members (excludes halogenated alkanes) is 1. The number of hydrogen-bond acceptors (Lipinski definition) is 3. The highest BCUT2D eigenvalue weighted by atomic mass is 16.2. The minimum atomic E-state index is -1.17. The van der Waals surface area contributed by atoms with Crippen molar-refractivity contribution in [1.82, 2.24) is 10.2 Å². The maximum absolute atomic E-state index is 13.0. The second-order valence-corrected chi connectivity index (χ2v) is 7.05. The van der Waals surface area contributed by atoms with E-state index in [4.69, 9.17) is 0 Å². The molecule has 1 aliphatic rings. The number of imide groups is 1. The number of carbonyl (C=O) groups is 3. The normalized spacial score (nSPS) is 18.9. The molecule has 2 aromatic carbocycles. The Hall–Kier alpha value is -3.15. The molecule has 28 heavy (non-hydrogen) atoms. The summed E-state index contributed by atoms with van der Waals surface area (Å²) in [7, 11) is 0. The Bertz CT molecular complexity index is 854. The molecule has 146 valence electrons. The molecule has 6 nitrogen and oxygen atoms in total. The zero-order valence-corrected chi connectivity index (χ0v) is 16.2. The van der Waals surface area contributed by atoms with Gasteiger partial charge in [0.15, 0.2) is 0 Å². The molecule has 0 aliphatic carbocycles. The average molecular weight is 379 g/mol. The number of rotatable bonds is 7. The van der Waals surface area contributed by atoms with Gasteiger partial charge in [-0.2, -0.15) is 0 Å². The van der Waals surface area contributed by atoms with Gasteiger partial charge in [0.2, 0.25) is 5.91 Å². The van der Waals surface area contributed by atoms with Crippen molar-refractivity contribution in [2.24, 2.45) is 0 Å². The summed E-state index contributed by atoms with van der Waals surface area (Å²) in [5, 5.41) is 2.74. The fourth-order valence-corrected chi connectivity index (χ4v) is 3.35. The number of para-hydroxylation sites is 1. The molecule has 2 aromatic rings. The lowest BCUT2D eigenvalue weighted by molar-refractivity contribution is -0.134. The van der Waals surface area contributed by atoms with Gasteiger partial charge in [0.05, 0.1) is 0 Å². The molecule has 1 atom stereocenters. The zero-order chi connectivity index (χ0) is 20.1. The number of nitrogens with zero attached hydrogens (tertiary/aromatic N) is 2. The van der Waals surface area contributed by atoms with Crippen molar-refractivity contribution in [3.8, 4) is 0 Å². The number of anilines is 1. The van der Waals surface area contributed by atoms with Crippen LogP contribution in [0.15, 0.2) is 60.7 Å². The molecule has 1 fully saturated rings. The Balaban J connectivity index is 1.80. The van der Waals surface area contributed by atoms with Crippen LogP contribution in [0.3, 0.4) is 0 Å². The first-order valence-corrected chi connectivity index (χ1v) is 9.52. The first-order valence-electron chi connectivity index (χ1n) is 9.52. The van der Waals surface area contributed by atoms with Crippen LogP contribution in [0.2, 0.25) is 0 Å². The highest BCUT2D eigenvalue weighted by Crippen LogP contribution is 2.28. The predicted octanol–water partition coefficient (Wildman–Crippen LogP) is 3.29. The van der Waals surface area contributed by atoms with Crippen molar-refractivity contribution in [3.63, 3.8) is 0 Å². The standard InChI is InChI=1S/C22H25N3O3/c1-3-4-15-24(18-13-9-6-10-14-18)19(26)16-25-20(27)22(2,23-21(25)28)17-11-7-5-8-12-17/h5-14H,3-4,15-16H2,1-2H3,(H,23,28). The largest absolute Gasteiger partial charge is 0.325 e. The fourth-order valence-electron chi connectivity index (χ4n) is 3.35. The van der Waals surface area contributed by atoms with Gasteiger partial charge >= 0.3 is 6.03 Å². The molecule has 0 saturated carbocycles. The first kappa shape index (κ1) is 19.6. The van der Waals surface area contributed by atoms with Crippen LogP contribution in [0.5, 0.6) is 0 Å². The van der Waals surface area contributed by atoms with Gasteiger partial charge in [-0.25, -0.2) is 4.79 Å². The number of hydrogen-bond donors (Lipinski definition) is 1.